The number of carboxylic acids is 1. The van der Waals surface area contributed by atoms with E-state index in [4.69, 9.17) is 5.11 Å². The van der Waals surface area contributed by atoms with Crippen molar-refractivity contribution in [2.24, 2.45) is 11.8 Å². The lowest BCUT2D eigenvalue weighted by Gasteiger charge is -2.31. The Morgan fingerprint density at radius 2 is 2.22 bits per heavy atom. The number of hydrogen-bond donors (Lipinski definition) is 3. The quantitative estimate of drug-likeness (QED) is 0.565. The summed E-state index contributed by atoms with van der Waals surface area (Å²) in [6, 6.07) is 0. The zero-order valence-electron chi connectivity index (χ0n) is 11.3. The highest BCUT2D eigenvalue weighted by molar-refractivity contribution is 7.99. The molecule has 3 N–H and O–H groups in total. The molecule has 1 rings (SSSR count). The van der Waals surface area contributed by atoms with E-state index >= 15 is 0 Å². The van der Waals surface area contributed by atoms with E-state index in [1.807, 2.05) is 13.8 Å². The molecule has 18 heavy (non-hydrogen) atoms. The van der Waals surface area contributed by atoms with Gasteiger partial charge in [0.25, 0.3) is 0 Å². The van der Waals surface area contributed by atoms with E-state index in [9.17, 15) is 9.90 Å². The van der Waals surface area contributed by atoms with Crippen molar-refractivity contribution in [2.75, 3.05) is 24.7 Å². The highest BCUT2D eigenvalue weighted by Crippen LogP contribution is 2.41. The molecule has 2 atom stereocenters. The zero-order valence-corrected chi connectivity index (χ0v) is 12.1. The van der Waals surface area contributed by atoms with Crippen LogP contribution in [0, 0.1) is 11.8 Å². The maximum atomic E-state index is 11.6. The third-order valence-electron chi connectivity index (χ3n) is 3.39. The van der Waals surface area contributed by atoms with Crippen LogP contribution in [0.15, 0.2) is 0 Å². The van der Waals surface area contributed by atoms with Gasteiger partial charge in [-0.05, 0) is 43.4 Å². The fraction of sp³-hybridized carbons (Fsp3) is 0.923. The van der Waals surface area contributed by atoms with E-state index in [0.29, 0.717) is 5.75 Å². The summed E-state index contributed by atoms with van der Waals surface area (Å²) in [6.07, 6.45) is 2.97. The fourth-order valence-corrected chi connectivity index (χ4v) is 3.43. The first-order valence-electron chi connectivity index (χ1n) is 6.73. The number of aliphatic hydroxyl groups is 1. The second-order valence-electron chi connectivity index (χ2n) is 5.28. The van der Waals surface area contributed by atoms with Crippen LogP contribution in [0.3, 0.4) is 0 Å². The monoisotopic (exact) mass is 275 g/mol. The van der Waals surface area contributed by atoms with Gasteiger partial charge in [0.15, 0.2) is 0 Å². The van der Waals surface area contributed by atoms with Gasteiger partial charge in [0.2, 0.25) is 0 Å². The van der Waals surface area contributed by atoms with Gasteiger partial charge in [-0.1, -0.05) is 13.8 Å². The summed E-state index contributed by atoms with van der Waals surface area (Å²) in [5.41, 5.74) is -0.754. The standard InChI is InChI=1S/C13H25NO3S/c1-3-6-14-13(12(16)17,11-4-5-11)9-18-8-10(2)7-15/h10-11,14-15H,3-9H2,1-2H3,(H,16,17). The molecule has 1 aliphatic rings. The highest BCUT2D eigenvalue weighted by atomic mass is 32.2. The van der Waals surface area contributed by atoms with Crippen LogP contribution in [0.25, 0.3) is 0 Å². The molecule has 0 aliphatic heterocycles. The van der Waals surface area contributed by atoms with Gasteiger partial charge in [-0.15, -0.1) is 0 Å². The van der Waals surface area contributed by atoms with Crippen molar-refractivity contribution in [3.05, 3.63) is 0 Å². The molecule has 0 radical (unpaired) electrons. The first kappa shape index (κ1) is 15.8. The fourth-order valence-electron chi connectivity index (χ4n) is 2.02. The summed E-state index contributed by atoms with van der Waals surface area (Å²) in [6.45, 7) is 4.94. The lowest BCUT2D eigenvalue weighted by Crippen LogP contribution is -2.56. The Morgan fingerprint density at radius 1 is 1.56 bits per heavy atom. The largest absolute Gasteiger partial charge is 0.480 e. The SMILES string of the molecule is CCCNC(CSCC(C)CO)(C(=O)O)C1CC1. The molecule has 0 spiro atoms. The van der Waals surface area contributed by atoms with Gasteiger partial charge in [-0.25, -0.2) is 0 Å². The summed E-state index contributed by atoms with van der Waals surface area (Å²) >= 11 is 1.64. The Kier molecular flexibility index (Phi) is 6.46. The normalized spacial score (nSPS) is 20.4. The molecule has 5 heteroatoms. The number of rotatable bonds is 10. The molecule has 0 aromatic carbocycles. The first-order chi connectivity index (χ1) is 8.56. The molecule has 0 aromatic rings. The van der Waals surface area contributed by atoms with Gasteiger partial charge in [0.05, 0.1) is 0 Å². The minimum atomic E-state index is -0.754. The van der Waals surface area contributed by atoms with Gasteiger partial charge in [-0.3, -0.25) is 4.79 Å². The van der Waals surface area contributed by atoms with Crippen LogP contribution in [0.5, 0.6) is 0 Å². The van der Waals surface area contributed by atoms with E-state index in [0.717, 1.165) is 31.6 Å². The number of thioether (sulfide) groups is 1. The van der Waals surface area contributed by atoms with Crippen LogP contribution in [-0.4, -0.2) is 46.4 Å². The molecular formula is C13H25NO3S. The molecule has 106 valence electrons. The Balaban J connectivity index is 2.55. The average Bonchev–Trinajstić information content (AvgIpc) is 3.17. The Hall–Kier alpha value is -0.260. The molecule has 0 heterocycles. The van der Waals surface area contributed by atoms with Crippen LogP contribution in [0.1, 0.15) is 33.1 Å². The maximum absolute atomic E-state index is 11.6. The number of aliphatic hydroxyl groups excluding tert-OH is 1. The first-order valence-corrected chi connectivity index (χ1v) is 7.89. The molecule has 1 aliphatic carbocycles. The van der Waals surface area contributed by atoms with E-state index < -0.39 is 11.5 Å². The van der Waals surface area contributed by atoms with Gasteiger partial charge in [-0.2, -0.15) is 11.8 Å². The molecule has 4 nitrogen and oxygen atoms in total. The number of carboxylic acid groups (broad SMARTS) is 1. The van der Waals surface area contributed by atoms with Gasteiger partial charge >= 0.3 is 5.97 Å². The van der Waals surface area contributed by atoms with E-state index in [-0.39, 0.29) is 18.4 Å². The number of hydrogen-bond acceptors (Lipinski definition) is 4. The second-order valence-corrected chi connectivity index (χ2v) is 6.31. The average molecular weight is 275 g/mol. The predicted molar refractivity (Wildman–Crippen MR) is 75.0 cm³/mol. The van der Waals surface area contributed by atoms with Crippen molar-refractivity contribution >= 4 is 17.7 Å². The van der Waals surface area contributed by atoms with E-state index in [1.165, 1.54) is 0 Å². The zero-order chi connectivity index (χ0) is 13.6. The molecule has 1 fully saturated rings. The number of aliphatic carboxylic acids is 1. The molecular weight excluding hydrogens is 250 g/mol. The van der Waals surface area contributed by atoms with Gasteiger partial charge in [0.1, 0.15) is 5.54 Å². The molecule has 0 saturated heterocycles. The maximum Gasteiger partial charge on any atom is 0.325 e. The Labute approximate surface area is 114 Å². The van der Waals surface area contributed by atoms with Crippen molar-refractivity contribution in [1.82, 2.24) is 5.32 Å². The van der Waals surface area contributed by atoms with Crippen molar-refractivity contribution in [1.29, 1.82) is 0 Å². The summed E-state index contributed by atoms with van der Waals surface area (Å²) in [4.78, 5) is 11.6. The molecule has 2 unspecified atom stereocenters. The summed E-state index contributed by atoms with van der Waals surface area (Å²) in [5, 5.41) is 21.8. The molecule has 0 bridgehead atoms. The van der Waals surface area contributed by atoms with E-state index in [1.54, 1.807) is 11.8 Å². The number of carbonyl (C=O) groups is 1. The van der Waals surface area contributed by atoms with Crippen LogP contribution < -0.4 is 5.32 Å². The van der Waals surface area contributed by atoms with Crippen LogP contribution >= 0.6 is 11.8 Å². The third-order valence-corrected chi connectivity index (χ3v) is 4.85. The van der Waals surface area contributed by atoms with Crippen LogP contribution in [-0.2, 0) is 4.79 Å². The Bertz CT molecular complexity index is 271. The summed E-state index contributed by atoms with van der Waals surface area (Å²) in [5.74, 6) is 1.19. The lowest BCUT2D eigenvalue weighted by atomic mass is 9.95. The lowest BCUT2D eigenvalue weighted by molar-refractivity contribution is -0.144. The molecule has 1 saturated carbocycles. The smallest absolute Gasteiger partial charge is 0.325 e. The Morgan fingerprint density at radius 3 is 2.67 bits per heavy atom. The van der Waals surface area contributed by atoms with Crippen molar-refractivity contribution in [3.63, 3.8) is 0 Å². The second kappa shape index (κ2) is 7.36. The third kappa shape index (κ3) is 4.14. The van der Waals surface area contributed by atoms with Crippen molar-refractivity contribution < 1.29 is 15.0 Å². The minimum absolute atomic E-state index is 0.166. The summed E-state index contributed by atoms with van der Waals surface area (Å²) < 4.78 is 0. The minimum Gasteiger partial charge on any atom is -0.480 e. The van der Waals surface area contributed by atoms with Crippen molar-refractivity contribution in [2.45, 2.75) is 38.6 Å². The van der Waals surface area contributed by atoms with E-state index in [2.05, 4.69) is 5.32 Å². The van der Waals surface area contributed by atoms with Crippen LogP contribution in [0.2, 0.25) is 0 Å². The van der Waals surface area contributed by atoms with Crippen LogP contribution in [0.4, 0.5) is 0 Å². The summed E-state index contributed by atoms with van der Waals surface area (Å²) in [7, 11) is 0. The van der Waals surface area contributed by atoms with Gasteiger partial charge < -0.3 is 15.5 Å². The topological polar surface area (TPSA) is 69.6 Å². The predicted octanol–water partition coefficient (Wildman–Crippen LogP) is 1.58. The number of nitrogens with one attached hydrogen (secondary N) is 1. The van der Waals surface area contributed by atoms with Gasteiger partial charge in [0, 0.05) is 12.4 Å². The highest BCUT2D eigenvalue weighted by Gasteiger charge is 2.50. The molecule has 0 amide bonds. The molecule has 0 aromatic heterocycles. The van der Waals surface area contributed by atoms with Crippen molar-refractivity contribution in [3.8, 4) is 0 Å².